The van der Waals surface area contributed by atoms with Gasteiger partial charge >= 0.3 is 0 Å². The van der Waals surface area contributed by atoms with Crippen molar-refractivity contribution in [1.29, 1.82) is 0 Å². The van der Waals surface area contributed by atoms with Crippen LogP contribution in [0.4, 0.5) is 0 Å². The highest BCUT2D eigenvalue weighted by atomic mass is 16.5. The van der Waals surface area contributed by atoms with E-state index in [-0.39, 0.29) is 0 Å². The molecule has 0 aliphatic carbocycles. The van der Waals surface area contributed by atoms with Crippen LogP contribution in [0.15, 0.2) is 0 Å². The van der Waals surface area contributed by atoms with E-state index in [0.717, 1.165) is 32.2 Å². The lowest BCUT2D eigenvalue weighted by Crippen LogP contribution is -2.48. The highest BCUT2D eigenvalue weighted by Gasteiger charge is 2.16. The van der Waals surface area contributed by atoms with Crippen molar-refractivity contribution in [1.82, 2.24) is 15.1 Å². The van der Waals surface area contributed by atoms with Gasteiger partial charge in [0, 0.05) is 59.0 Å². The quantitative estimate of drug-likeness (QED) is 0.584. The summed E-state index contributed by atoms with van der Waals surface area (Å²) in [6.45, 7) is 18.1. The van der Waals surface area contributed by atoms with Crippen molar-refractivity contribution in [3.63, 3.8) is 0 Å². The van der Waals surface area contributed by atoms with Gasteiger partial charge in [-0.15, -0.1) is 0 Å². The van der Waals surface area contributed by atoms with Crippen molar-refractivity contribution in [2.75, 3.05) is 65.6 Å². The predicted octanol–water partition coefficient (Wildman–Crippen LogP) is 1.67. The molecule has 4 heteroatoms. The molecule has 0 unspecified atom stereocenters. The normalized spacial score (nSPS) is 18.0. The Kier molecular flexibility index (Phi) is 10.3. The van der Waals surface area contributed by atoms with Crippen LogP contribution in [0, 0.1) is 5.92 Å². The summed E-state index contributed by atoms with van der Waals surface area (Å²) in [5.41, 5.74) is 0. The van der Waals surface area contributed by atoms with Crippen molar-refractivity contribution in [2.24, 2.45) is 5.92 Å². The summed E-state index contributed by atoms with van der Waals surface area (Å²) in [7, 11) is 0. The highest BCUT2D eigenvalue weighted by Crippen LogP contribution is 2.04. The average Bonchev–Trinajstić information content (AvgIpc) is 2.43. The number of ether oxygens (including phenoxy) is 1. The molecular weight excluding hydrogens is 250 g/mol. The van der Waals surface area contributed by atoms with Crippen LogP contribution < -0.4 is 5.32 Å². The molecule has 0 radical (unpaired) electrons. The van der Waals surface area contributed by atoms with Crippen molar-refractivity contribution in [3.8, 4) is 0 Å². The van der Waals surface area contributed by atoms with Crippen molar-refractivity contribution in [2.45, 2.75) is 33.6 Å². The van der Waals surface area contributed by atoms with Gasteiger partial charge in [-0.1, -0.05) is 13.8 Å². The maximum absolute atomic E-state index is 5.33. The zero-order valence-corrected chi connectivity index (χ0v) is 13.9. The van der Waals surface area contributed by atoms with Crippen molar-refractivity contribution < 1.29 is 4.74 Å². The fourth-order valence-corrected chi connectivity index (χ4v) is 2.67. The number of hydrogen-bond acceptors (Lipinski definition) is 4. The summed E-state index contributed by atoms with van der Waals surface area (Å²) < 4.78 is 5.33. The Morgan fingerprint density at radius 2 is 1.70 bits per heavy atom. The van der Waals surface area contributed by atoms with Crippen LogP contribution in [0.1, 0.15) is 33.6 Å². The van der Waals surface area contributed by atoms with E-state index in [9.17, 15) is 0 Å². The van der Waals surface area contributed by atoms with E-state index in [1.165, 1.54) is 52.1 Å². The van der Waals surface area contributed by atoms with E-state index < -0.39 is 0 Å². The highest BCUT2D eigenvalue weighted by molar-refractivity contribution is 4.73. The lowest BCUT2D eigenvalue weighted by atomic mass is 10.2. The summed E-state index contributed by atoms with van der Waals surface area (Å²) in [4.78, 5) is 5.19. The average molecular weight is 285 g/mol. The molecule has 1 rings (SSSR count). The minimum atomic E-state index is 0.792. The smallest absolute Gasteiger partial charge is 0.0466 e. The van der Waals surface area contributed by atoms with Gasteiger partial charge in [-0.3, -0.25) is 4.90 Å². The standard InChI is InChI=1S/C16H35N3O/c1-4-20-14-6-5-7-17-8-9-18-10-12-19(13-11-18)15-16(2)3/h16-17H,4-15H2,1-3H3. The first-order chi connectivity index (χ1) is 9.72. The summed E-state index contributed by atoms with van der Waals surface area (Å²) in [5, 5.41) is 3.54. The van der Waals surface area contributed by atoms with Gasteiger partial charge in [0.2, 0.25) is 0 Å². The Labute approximate surface area is 125 Å². The molecule has 0 bridgehead atoms. The fraction of sp³-hybridized carbons (Fsp3) is 1.00. The molecular formula is C16H35N3O. The van der Waals surface area contributed by atoms with Crippen LogP contribution in [0.3, 0.4) is 0 Å². The molecule has 1 aliphatic rings. The van der Waals surface area contributed by atoms with E-state index >= 15 is 0 Å². The van der Waals surface area contributed by atoms with Crippen molar-refractivity contribution in [3.05, 3.63) is 0 Å². The Bertz CT molecular complexity index is 216. The van der Waals surface area contributed by atoms with Gasteiger partial charge in [0.25, 0.3) is 0 Å². The van der Waals surface area contributed by atoms with E-state index in [1.54, 1.807) is 0 Å². The van der Waals surface area contributed by atoms with Crippen LogP contribution >= 0.6 is 0 Å². The van der Waals surface area contributed by atoms with Gasteiger partial charge in [0.1, 0.15) is 0 Å². The number of rotatable bonds is 11. The lowest BCUT2D eigenvalue weighted by Gasteiger charge is -2.35. The molecule has 0 amide bonds. The summed E-state index contributed by atoms with van der Waals surface area (Å²) >= 11 is 0. The zero-order valence-electron chi connectivity index (χ0n) is 13.9. The SMILES string of the molecule is CCOCCCCNCCN1CCN(CC(C)C)CC1. The lowest BCUT2D eigenvalue weighted by molar-refractivity contribution is 0.122. The second kappa shape index (κ2) is 11.5. The van der Waals surface area contributed by atoms with Gasteiger partial charge in [-0.05, 0) is 32.2 Å². The van der Waals surface area contributed by atoms with Gasteiger partial charge < -0.3 is 15.0 Å². The monoisotopic (exact) mass is 285 g/mol. The van der Waals surface area contributed by atoms with E-state index in [1.807, 2.05) is 0 Å². The van der Waals surface area contributed by atoms with Crippen LogP contribution in [-0.2, 0) is 4.74 Å². The maximum atomic E-state index is 5.33. The summed E-state index contributed by atoms with van der Waals surface area (Å²) in [6, 6.07) is 0. The first-order valence-corrected chi connectivity index (χ1v) is 8.45. The number of nitrogens with zero attached hydrogens (tertiary/aromatic N) is 2. The topological polar surface area (TPSA) is 27.7 Å². The minimum Gasteiger partial charge on any atom is -0.382 e. The molecule has 20 heavy (non-hydrogen) atoms. The van der Waals surface area contributed by atoms with E-state index in [0.29, 0.717) is 0 Å². The Balaban J connectivity index is 1.89. The zero-order chi connectivity index (χ0) is 14.6. The molecule has 1 N–H and O–H groups in total. The van der Waals surface area contributed by atoms with Crippen LogP contribution in [0.5, 0.6) is 0 Å². The Morgan fingerprint density at radius 3 is 2.35 bits per heavy atom. The predicted molar refractivity (Wildman–Crippen MR) is 86.3 cm³/mol. The first kappa shape index (κ1) is 17.9. The molecule has 1 saturated heterocycles. The third-order valence-electron chi connectivity index (χ3n) is 3.79. The second-order valence-corrected chi connectivity index (χ2v) is 6.19. The molecule has 4 nitrogen and oxygen atoms in total. The van der Waals surface area contributed by atoms with Crippen LogP contribution in [0.25, 0.3) is 0 Å². The van der Waals surface area contributed by atoms with Gasteiger partial charge in [-0.2, -0.15) is 0 Å². The molecule has 1 fully saturated rings. The van der Waals surface area contributed by atoms with Crippen molar-refractivity contribution >= 4 is 0 Å². The van der Waals surface area contributed by atoms with Crippen LogP contribution in [-0.4, -0.2) is 75.4 Å². The van der Waals surface area contributed by atoms with Gasteiger partial charge in [0.15, 0.2) is 0 Å². The molecule has 0 aromatic rings. The number of piperazine rings is 1. The fourth-order valence-electron chi connectivity index (χ4n) is 2.67. The molecule has 0 atom stereocenters. The third kappa shape index (κ3) is 8.90. The summed E-state index contributed by atoms with van der Waals surface area (Å²) in [5.74, 6) is 0.792. The minimum absolute atomic E-state index is 0.792. The molecule has 0 spiro atoms. The van der Waals surface area contributed by atoms with Crippen LogP contribution in [0.2, 0.25) is 0 Å². The molecule has 0 saturated carbocycles. The number of nitrogens with one attached hydrogen (secondary N) is 1. The summed E-state index contributed by atoms with van der Waals surface area (Å²) in [6.07, 6.45) is 2.40. The molecule has 0 aromatic carbocycles. The Morgan fingerprint density at radius 1 is 1.00 bits per heavy atom. The third-order valence-corrected chi connectivity index (χ3v) is 3.79. The second-order valence-electron chi connectivity index (χ2n) is 6.19. The van der Waals surface area contributed by atoms with Gasteiger partial charge in [0.05, 0.1) is 0 Å². The molecule has 1 aliphatic heterocycles. The molecule has 1 heterocycles. The maximum Gasteiger partial charge on any atom is 0.0466 e. The Hall–Kier alpha value is -0.160. The van der Waals surface area contributed by atoms with E-state index in [4.69, 9.17) is 4.74 Å². The van der Waals surface area contributed by atoms with E-state index in [2.05, 4.69) is 35.9 Å². The largest absolute Gasteiger partial charge is 0.382 e. The van der Waals surface area contributed by atoms with Gasteiger partial charge in [-0.25, -0.2) is 0 Å². The number of hydrogen-bond donors (Lipinski definition) is 1. The first-order valence-electron chi connectivity index (χ1n) is 8.45. The number of unbranched alkanes of at least 4 members (excludes halogenated alkanes) is 1. The molecule has 120 valence electrons. The molecule has 0 aromatic heterocycles.